The number of thiophene rings is 1. The van der Waals surface area contributed by atoms with E-state index in [-0.39, 0.29) is 0 Å². The van der Waals surface area contributed by atoms with Crippen LogP contribution in [-0.2, 0) is 5.88 Å². The van der Waals surface area contributed by atoms with E-state index < -0.39 is 0 Å². The monoisotopic (exact) mass is 338 g/mol. The fourth-order valence-corrected chi connectivity index (χ4v) is 4.16. The second kappa shape index (κ2) is 4.24. The van der Waals surface area contributed by atoms with Gasteiger partial charge in [0, 0.05) is 11.3 Å². The molecule has 2 rings (SSSR count). The summed E-state index contributed by atoms with van der Waals surface area (Å²) in [6.45, 7) is 0. The van der Waals surface area contributed by atoms with E-state index in [1.54, 1.807) is 18.4 Å². The van der Waals surface area contributed by atoms with Gasteiger partial charge in [0.2, 0.25) is 0 Å². The van der Waals surface area contributed by atoms with Gasteiger partial charge in [-0.1, -0.05) is 12.1 Å². The van der Waals surface area contributed by atoms with E-state index in [0.29, 0.717) is 5.88 Å². The smallest absolute Gasteiger partial charge is 0.136 e. The van der Waals surface area contributed by atoms with E-state index in [4.69, 9.17) is 16.3 Å². The normalized spacial score (nSPS) is 10.8. The maximum Gasteiger partial charge on any atom is 0.136 e. The lowest BCUT2D eigenvalue weighted by Gasteiger charge is -2.00. The Kier molecular flexibility index (Phi) is 3.19. The number of hydrogen-bond donors (Lipinski definition) is 0. The highest BCUT2D eigenvalue weighted by Gasteiger charge is 2.11. The molecule has 0 aliphatic heterocycles. The van der Waals surface area contributed by atoms with E-state index >= 15 is 0 Å². The Hall–Kier alpha value is -0.000000000000000194. The van der Waals surface area contributed by atoms with E-state index in [2.05, 4.69) is 28.7 Å². The maximum absolute atomic E-state index is 5.91. The number of ether oxygens (including phenoxy) is 1. The summed E-state index contributed by atoms with van der Waals surface area (Å²) in [7, 11) is 1.70. The minimum atomic E-state index is 0.561. The molecule has 0 bridgehead atoms. The van der Waals surface area contributed by atoms with Gasteiger partial charge in [0.05, 0.1) is 14.7 Å². The average Bonchev–Trinajstić information content (AvgIpc) is 2.52. The third-order valence-corrected chi connectivity index (χ3v) is 4.72. The van der Waals surface area contributed by atoms with Crippen molar-refractivity contribution in [3.8, 4) is 5.75 Å². The SMILES string of the molecule is COc1cccc2c(CCl)c(I)sc12. The summed E-state index contributed by atoms with van der Waals surface area (Å²) in [5.41, 5.74) is 1.21. The number of benzene rings is 1. The number of halogens is 2. The number of hydrogen-bond acceptors (Lipinski definition) is 2. The molecule has 0 radical (unpaired) electrons. The Balaban J connectivity index is 2.79. The number of rotatable bonds is 2. The minimum absolute atomic E-state index is 0.561. The molecule has 0 aliphatic carbocycles. The van der Waals surface area contributed by atoms with Crippen molar-refractivity contribution in [1.82, 2.24) is 0 Å². The molecule has 1 aromatic carbocycles. The molecule has 2 aromatic rings. The third kappa shape index (κ3) is 1.61. The Labute approximate surface area is 105 Å². The van der Waals surface area contributed by atoms with E-state index in [9.17, 15) is 0 Å². The summed E-state index contributed by atoms with van der Waals surface area (Å²) < 4.78 is 7.74. The van der Waals surface area contributed by atoms with Crippen LogP contribution in [0.4, 0.5) is 0 Å². The number of fused-ring (bicyclic) bond motifs is 1. The third-order valence-electron chi connectivity index (χ3n) is 2.09. The summed E-state index contributed by atoms with van der Waals surface area (Å²) >= 11 is 9.97. The lowest BCUT2D eigenvalue weighted by atomic mass is 10.2. The van der Waals surface area contributed by atoms with Gasteiger partial charge >= 0.3 is 0 Å². The van der Waals surface area contributed by atoms with Crippen molar-refractivity contribution in [3.05, 3.63) is 26.6 Å². The first-order valence-electron chi connectivity index (χ1n) is 4.07. The second-order valence-corrected chi connectivity index (χ2v) is 5.92. The van der Waals surface area contributed by atoms with Gasteiger partial charge in [0.15, 0.2) is 0 Å². The zero-order valence-corrected chi connectivity index (χ0v) is 11.2. The van der Waals surface area contributed by atoms with Crippen molar-refractivity contribution in [2.24, 2.45) is 0 Å². The molecule has 74 valence electrons. The molecular weight excluding hydrogens is 331 g/mol. The molecule has 4 heteroatoms. The Morgan fingerprint density at radius 2 is 2.29 bits per heavy atom. The average molecular weight is 339 g/mol. The van der Waals surface area contributed by atoms with Crippen LogP contribution in [0, 0.1) is 2.88 Å². The van der Waals surface area contributed by atoms with Crippen LogP contribution >= 0.6 is 45.5 Å². The van der Waals surface area contributed by atoms with Gasteiger partial charge in [0.1, 0.15) is 5.75 Å². The molecule has 0 atom stereocenters. The Bertz CT molecular complexity index is 466. The van der Waals surface area contributed by atoms with Crippen LogP contribution in [0.25, 0.3) is 10.1 Å². The van der Waals surface area contributed by atoms with E-state index in [0.717, 1.165) is 5.75 Å². The first-order valence-corrected chi connectivity index (χ1v) is 6.50. The number of alkyl halides is 1. The molecule has 0 spiro atoms. The molecule has 1 heterocycles. The second-order valence-electron chi connectivity index (χ2n) is 2.82. The highest BCUT2D eigenvalue weighted by molar-refractivity contribution is 14.1. The Morgan fingerprint density at radius 3 is 2.93 bits per heavy atom. The van der Waals surface area contributed by atoms with Crippen molar-refractivity contribution < 1.29 is 4.74 Å². The highest BCUT2D eigenvalue weighted by atomic mass is 127. The van der Waals surface area contributed by atoms with Crippen LogP contribution in [0.15, 0.2) is 18.2 Å². The van der Waals surface area contributed by atoms with E-state index in [1.807, 2.05) is 12.1 Å². The predicted molar refractivity (Wildman–Crippen MR) is 70.7 cm³/mol. The first kappa shape index (κ1) is 10.5. The lowest BCUT2D eigenvalue weighted by molar-refractivity contribution is 0.420. The van der Waals surface area contributed by atoms with Crippen LogP contribution in [0.1, 0.15) is 5.56 Å². The quantitative estimate of drug-likeness (QED) is 0.587. The molecule has 0 fully saturated rings. The summed E-state index contributed by atoms with van der Waals surface area (Å²) in [5, 5.41) is 1.22. The molecule has 1 aromatic heterocycles. The molecule has 1 nitrogen and oxygen atoms in total. The molecule has 0 saturated carbocycles. The van der Waals surface area contributed by atoms with Crippen LogP contribution in [0.2, 0.25) is 0 Å². The molecule has 14 heavy (non-hydrogen) atoms. The molecule has 0 aliphatic rings. The number of methoxy groups -OCH3 is 1. The van der Waals surface area contributed by atoms with E-state index in [1.165, 1.54) is 18.5 Å². The minimum Gasteiger partial charge on any atom is -0.495 e. The summed E-state index contributed by atoms with van der Waals surface area (Å²) in [4.78, 5) is 0. The van der Waals surface area contributed by atoms with Crippen molar-refractivity contribution in [2.75, 3.05) is 7.11 Å². The van der Waals surface area contributed by atoms with Crippen molar-refractivity contribution in [2.45, 2.75) is 5.88 Å². The molecule has 0 N–H and O–H groups in total. The summed E-state index contributed by atoms with van der Waals surface area (Å²) in [6, 6.07) is 6.07. The maximum atomic E-state index is 5.91. The van der Waals surface area contributed by atoms with Gasteiger partial charge in [-0.25, -0.2) is 0 Å². The molecular formula is C10H8ClIOS. The highest BCUT2D eigenvalue weighted by Crippen LogP contribution is 2.38. The topological polar surface area (TPSA) is 9.23 Å². The molecule has 0 saturated heterocycles. The van der Waals surface area contributed by atoms with Gasteiger partial charge in [-0.3, -0.25) is 0 Å². The molecule has 0 amide bonds. The first-order chi connectivity index (χ1) is 6.77. The van der Waals surface area contributed by atoms with Gasteiger partial charge in [-0.05, 0) is 34.2 Å². The van der Waals surface area contributed by atoms with Gasteiger partial charge in [-0.2, -0.15) is 0 Å². The standard InChI is InChI=1S/C10H8ClIOS/c1-13-8-4-2-3-6-7(5-11)10(12)14-9(6)8/h2-4H,5H2,1H3. The summed E-state index contributed by atoms with van der Waals surface area (Å²) in [6.07, 6.45) is 0. The summed E-state index contributed by atoms with van der Waals surface area (Å²) in [5.74, 6) is 1.49. The van der Waals surface area contributed by atoms with Crippen molar-refractivity contribution >= 4 is 55.6 Å². The van der Waals surface area contributed by atoms with Gasteiger partial charge < -0.3 is 4.74 Å². The largest absolute Gasteiger partial charge is 0.495 e. The van der Waals surface area contributed by atoms with Crippen LogP contribution in [-0.4, -0.2) is 7.11 Å². The van der Waals surface area contributed by atoms with Crippen molar-refractivity contribution in [3.63, 3.8) is 0 Å². The van der Waals surface area contributed by atoms with Crippen molar-refractivity contribution in [1.29, 1.82) is 0 Å². The Morgan fingerprint density at radius 1 is 1.50 bits per heavy atom. The van der Waals surface area contributed by atoms with Crippen LogP contribution < -0.4 is 4.74 Å². The van der Waals surface area contributed by atoms with Gasteiger partial charge in [0.25, 0.3) is 0 Å². The predicted octanol–water partition coefficient (Wildman–Crippen LogP) is 4.25. The van der Waals surface area contributed by atoms with Crippen LogP contribution in [0.3, 0.4) is 0 Å². The zero-order chi connectivity index (χ0) is 10.1. The zero-order valence-electron chi connectivity index (χ0n) is 7.51. The molecule has 0 unspecified atom stereocenters. The lowest BCUT2D eigenvalue weighted by Crippen LogP contribution is -1.82. The van der Waals surface area contributed by atoms with Gasteiger partial charge in [-0.15, -0.1) is 22.9 Å². The fraction of sp³-hybridized carbons (Fsp3) is 0.200. The fourth-order valence-electron chi connectivity index (χ4n) is 1.40. The van der Waals surface area contributed by atoms with Crippen LogP contribution in [0.5, 0.6) is 5.75 Å².